The molecule has 5 heteroatoms. The van der Waals surface area contributed by atoms with Crippen LogP contribution >= 0.6 is 23.4 Å². The van der Waals surface area contributed by atoms with E-state index in [1.807, 2.05) is 31.2 Å². The number of aromatic nitrogens is 1. The summed E-state index contributed by atoms with van der Waals surface area (Å²) in [5.74, 6) is 1.76. The molecule has 0 fully saturated rings. The molecule has 2 aromatic rings. The van der Waals surface area contributed by atoms with Gasteiger partial charge in [-0.3, -0.25) is 0 Å². The van der Waals surface area contributed by atoms with Gasteiger partial charge in [0.2, 0.25) is 0 Å². The molecule has 0 spiro atoms. The third-order valence-corrected chi connectivity index (χ3v) is 4.67. The Morgan fingerprint density at radius 3 is 2.79 bits per heavy atom. The number of halogens is 1. The van der Waals surface area contributed by atoms with Gasteiger partial charge in [0.05, 0.1) is 10.3 Å². The highest BCUT2D eigenvalue weighted by Gasteiger charge is 2.24. The van der Waals surface area contributed by atoms with Gasteiger partial charge in [-0.25, -0.2) is 4.98 Å². The third-order valence-electron chi connectivity index (χ3n) is 2.87. The van der Waals surface area contributed by atoms with Crippen molar-refractivity contribution in [2.45, 2.75) is 36.6 Å². The van der Waals surface area contributed by atoms with Gasteiger partial charge in [-0.2, -0.15) is 0 Å². The fraction of sp³-hybridized carbons (Fsp3) is 0.357. The summed E-state index contributed by atoms with van der Waals surface area (Å²) in [6, 6.07) is 7.57. The summed E-state index contributed by atoms with van der Waals surface area (Å²) in [7, 11) is 0. The summed E-state index contributed by atoms with van der Waals surface area (Å²) < 4.78 is 5.71. The lowest BCUT2D eigenvalue weighted by molar-refractivity contribution is 0.454. The molecule has 0 aliphatic heterocycles. The molecule has 3 nitrogen and oxygen atoms in total. The highest BCUT2D eigenvalue weighted by molar-refractivity contribution is 7.99. The quantitative estimate of drug-likeness (QED) is 0.840. The van der Waals surface area contributed by atoms with E-state index in [4.69, 9.17) is 21.8 Å². The average molecular weight is 297 g/mol. The number of rotatable bonds is 5. The van der Waals surface area contributed by atoms with Crippen LogP contribution in [0.5, 0.6) is 0 Å². The Morgan fingerprint density at radius 2 is 2.21 bits per heavy atom. The number of thioether (sulfide) groups is 1. The van der Waals surface area contributed by atoms with E-state index < -0.39 is 0 Å². The van der Waals surface area contributed by atoms with Crippen molar-refractivity contribution in [2.24, 2.45) is 5.73 Å². The van der Waals surface area contributed by atoms with Crippen molar-refractivity contribution in [3.8, 4) is 0 Å². The maximum absolute atomic E-state index is 6.20. The molecule has 0 saturated carbocycles. The molecular formula is C14H17ClN2OS. The number of aryl methyl sites for hydroxylation is 1. The molecule has 2 atom stereocenters. The molecule has 0 radical (unpaired) electrons. The SMILES string of the molecule is CCC(N)C(Sc1ncccc1Cl)c1ccc(C)o1. The van der Waals surface area contributed by atoms with Crippen LogP contribution in [0.4, 0.5) is 0 Å². The van der Waals surface area contributed by atoms with Crippen LogP contribution in [0.25, 0.3) is 0 Å². The first-order chi connectivity index (χ1) is 9.11. The Bertz CT molecular complexity index is 544. The van der Waals surface area contributed by atoms with Crippen molar-refractivity contribution >= 4 is 23.4 Å². The van der Waals surface area contributed by atoms with Gasteiger partial charge in [-0.05, 0) is 37.6 Å². The normalized spacial score (nSPS) is 14.3. The molecule has 0 aliphatic rings. The second kappa shape index (κ2) is 6.46. The van der Waals surface area contributed by atoms with Gasteiger partial charge in [0, 0.05) is 12.2 Å². The van der Waals surface area contributed by atoms with E-state index in [1.165, 1.54) is 0 Å². The van der Waals surface area contributed by atoms with Crippen molar-refractivity contribution in [2.75, 3.05) is 0 Å². The second-order valence-electron chi connectivity index (χ2n) is 4.35. The zero-order chi connectivity index (χ0) is 13.8. The predicted octanol–water partition coefficient (Wildman–Crippen LogP) is 4.21. The maximum Gasteiger partial charge on any atom is 0.119 e. The molecule has 2 unspecified atom stereocenters. The average Bonchev–Trinajstić information content (AvgIpc) is 2.83. The Hall–Kier alpha value is -0.970. The summed E-state index contributed by atoms with van der Waals surface area (Å²) in [5, 5.41) is 1.45. The van der Waals surface area contributed by atoms with Crippen LogP contribution < -0.4 is 5.73 Å². The Balaban J connectivity index is 2.27. The smallest absolute Gasteiger partial charge is 0.119 e. The lowest BCUT2D eigenvalue weighted by atomic mass is 10.1. The largest absolute Gasteiger partial charge is 0.465 e. The molecule has 102 valence electrons. The van der Waals surface area contributed by atoms with Gasteiger partial charge < -0.3 is 10.2 Å². The van der Waals surface area contributed by atoms with E-state index in [9.17, 15) is 0 Å². The van der Waals surface area contributed by atoms with E-state index in [0.717, 1.165) is 23.0 Å². The fourth-order valence-corrected chi connectivity index (χ4v) is 3.16. The Kier molecular flexibility index (Phi) is 4.91. The molecular weight excluding hydrogens is 280 g/mol. The van der Waals surface area contributed by atoms with Gasteiger partial charge in [-0.1, -0.05) is 30.3 Å². The van der Waals surface area contributed by atoms with Gasteiger partial charge >= 0.3 is 0 Å². The van der Waals surface area contributed by atoms with Crippen molar-refractivity contribution in [1.29, 1.82) is 0 Å². The van der Waals surface area contributed by atoms with E-state index in [2.05, 4.69) is 11.9 Å². The zero-order valence-electron chi connectivity index (χ0n) is 11.0. The highest BCUT2D eigenvalue weighted by atomic mass is 35.5. The van der Waals surface area contributed by atoms with E-state index in [1.54, 1.807) is 18.0 Å². The van der Waals surface area contributed by atoms with E-state index in [-0.39, 0.29) is 11.3 Å². The number of nitrogens with two attached hydrogens (primary N) is 1. The third kappa shape index (κ3) is 3.53. The maximum atomic E-state index is 6.20. The van der Waals surface area contributed by atoms with Crippen molar-refractivity contribution < 1.29 is 4.42 Å². The Labute approximate surface area is 122 Å². The van der Waals surface area contributed by atoms with E-state index >= 15 is 0 Å². The second-order valence-corrected chi connectivity index (χ2v) is 5.89. The molecule has 2 heterocycles. The summed E-state index contributed by atoms with van der Waals surface area (Å²) in [6.07, 6.45) is 2.60. The summed E-state index contributed by atoms with van der Waals surface area (Å²) >= 11 is 7.71. The molecule has 2 N–H and O–H groups in total. The van der Waals surface area contributed by atoms with Crippen LogP contribution in [0.2, 0.25) is 5.02 Å². The standard InChI is InChI=1S/C14H17ClN2OS/c1-3-11(16)13(12-7-6-9(2)18-12)19-14-10(15)5-4-8-17-14/h4-8,11,13H,3,16H2,1-2H3. The first-order valence-electron chi connectivity index (χ1n) is 6.21. The first kappa shape index (κ1) is 14.4. The van der Waals surface area contributed by atoms with Gasteiger partial charge in [0.25, 0.3) is 0 Å². The predicted molar refractivity (Wildman–Crippen MR) is 79.6 cm³/mol. The van der Waals surface area contributed by atoms with Gasteiger partial charge in [0.15, 0.2) is 0 Å². The monoisotopic (exact) mass is 296 g/mol. The fourth-order valence-electron chi connectivity index (χ4n) is 1.76. The summed E-state index contributed by atoms with van der Waals surface area (Å²) in [5.41, 5.74) is 6.20. The Morgan fingerprint density at radius 1 is 1.42 bits per heavy atom. The van der Waals surface area contributed by atoms with Crippen LogP contribution in [0.3, 0.4) is 0 Å². The highest BCUT2D eigenvalue weighted by Crippen LogP contribution is 2.40. The lowest BCUT2D eigenvalue weighted by Crippen LogP contribution is -2.25. The van der Waals surface area contributed by atoms with Gasteiger partial charge in [-0.15, -0.1) is 0 Å². The van der Waals surface area contributed by atoms with Crippen LogP contribution in [-0.4, -0.2) is 11.0 Å². The minimum Gasteiger partial charge on any atom is -0.465 e. The van der Waals surface area contributed by atoms with Crippen molar-refractivity contribution in [1.82, 2.24) is 4.98 Å². The van der Waals surface area contributed by atoms with Crippen LogP contribution in [0.15, 0.2) is 39.9 Å². The number of furan rings is 1. The molecule has 0 aliphatic carbocycles. The van der Waals surface area contributed by atoms with Crippen LogP contribution in [-0.2, 0) is 0 Å². The number of nitrogens with zero attached hydrogens (tertiary/aromatic N) is 1. The van der Waals surface area contributed by atoms with E-state index in [0.29, 0.717) is 5.02 Å². The minimum absolute atomic E-state index is 0.00590. The molecule has 2 rings (SSSR count). The topological polar surface area (TPSA) is 52.0 Å². The zero-order valence-corrected chi connectivity index (χ0v) is 12.5. The number of pyridine rings is 1. The molecule has 19 heavy (non-hydrogen) atoms. The minimum atomic E-state index is -0.00590. The molecule has 0 aromatic carbocycles. The molecule has 0 saturated heterocycles. The number of hydrogen-bond acceptors (Lipinski definition) is 4. The first-order valence-corrected chi connectivity index (χ1v) is 7.46. The van der Waals surface area contributed by atoms with Crippen molar-refractivity contribution in [3.05, 3.63) is 47.0 Å². The number of hydrogen-bond donors (Lipinski definition) is 1. The summed E-state index contributed by atoms with van der Waals surface area (Å²) in [4.78, 5) is 4.30. The van der Waals surface area contributed by atoms with Crippen LogP contribution in [0, 0.1) is 6.92 Å². The lowest BCUT2D eigenvalue weighted by Gasteiger charge is -2.20. The van der Waals surface area contributed by atoms with Crippen LogP contribution in [0.1, 0.15) is 30.1 Å². The molecule has 2 aromatic heterocycles. The summed E-state index contributed by atoms with van der Waals surface area (Å²) in [6.45, 7) is 3.99. The molecule has 0 bridgehead atoms. The van der Waals surface area contributed by atoms with Gasteiger partial charge in [0.1, 0.15) is 16.5 Å². The molecule has 0 amide bonds. The van der Waals surface area contributed by atoms with Crippen molar-refractivity contribution in [3.63, 3.8) is 0 Å².